The maximum absolute atomic E-state index is 6.55. The molecule has 0 radical (unpaired) electrons. The monoisotopic (exact) mass is 435 g/mol. The van der Waals surface area contributed by atoms with E-state index in [2.05, 4.69) is 20.8 Å². The van der Waals surface area contributed by atoms with Crippen LogP contribution in [0, 0.1) is 0 Å². The summed E-state index contributed by atoms with van der Waals surface area (Å²) < 4.78 is 1.94. The molecule has 8 heteroatoms. The van der Waals surface area contributed by atoms with E-state index in [4.69, 9.17) is 34.8 Å². The molecular formula is C20H20Cl3N5. The van der Waals surface area contributed by atoms with E-state index < -0.39 is 0 Å². The van der Waals surface area contributed by atoms with E-state index >= 15 is 0 Å². The lowest BCUT2D eigenvalue weighted by Crippen LogP contribution is -2.23. The molecule has 0 amide bonds. The lowest BCUT2D eigenvalue weighted by molar-refractivity contribution is 0.315. The number of halogens is 3. The molecule has 2 aromatic carbocycles. The minimum absolute atomic E-state index is 0.287. The Hall–Kier alpha value is -1.82. The number of anilines is 1. The summed E-state index contributed by atoms with van der Waals surface area (Å²) >= 11 is 19.1. The van der Waals surface area contributed by atoms with Crippen molar-refractivity contribution in [3.05, 3.63) is 68.9 Å². The van der Waals surface area contributed by atoms with Crippen molar-refractivity contribution in [2.45, 2.75) is 44.2 Å². The summed E-state index contributed by atoms with van der Waals surface area (Å²) in [6.07, 6.45) is 5.78. The van der Waals surface area contributed by atoms with Crippen LogP contribution >= 0.6 is 34.8 Å². The number of nitrogens with zero attached hydrogens (tertiary/aromatic N) is 4. The molecule has 1 heterocycles. The average Bonchev–Trinajstić information content (AvgIpc) is 3.19. The second kappa shape index (κ2) is 8.68. The molecule has 1 aliphatic rings. The predicted molar refractivity (Wildman–Crippen MR) is 113 cm³/mol. The molecule has 28 heavy (non-hydrogen) atoms. The molecule has 1 saturated carbocycles. The van der Waals surface area contributed by atoms with E-state index in [1.165, 1.54) is 19.3 Å². The Morgan fingerprint density at radius 1 is 0.929 bits per heavy atom. The molecular weight excluding hydrogens is 417 g/mol. The van der Waals surface area contributed by atoms with Crippen molar-refractivity contribution in [2.75, 3.05) is 5.32 Å². The zero-order valence-electron chi connectivity index (χ0n) is 15.2. The summed E-state index contributed by atoms with van der Waals surface area (Å²) in [5, 5.41) is 17.9. The number of rotatable bonds is 5. The number of tetrazole rings is 1. The first kappa shape index (κ1) is 19.5. The van der Waals surface area contributed by atoms with Gasteiger partial charge in [0.05, 0.1) is 6.04 Å². The lowest BCUT2D eigenvalue weighted by Gasteiger charge is -2.26. The zero-order valence-corrected chi connectivity index (χ0v) is 17.4. The molecule has 0 bridgehead atoms. The van der Waals surface area contributed by atoms with Crippen molar-refractivity contribution >= 4 is 40.5 Å². The number of hydrogen-bond donors (Lipinski definition) is 1. The van der Waals surface area contributed by atoms with Gasteiger partial charge in [-0.05, 0) is 59.7 Å². The molecule has 0 aliphatic heterocycles. The molecule has 4 rings (SSSR count). The Kier molecular flexibility index (Phi) is 6.04. The van der Waals surface area contributed by atoms with Gasteiger partial charge in [0.1, 0.15) is 6.04 Å². The lowest BCUT2D eigenvalue weighted by atomic mass is 9.95. The van der Waals surface area contributed by atoms with Gasteiger partial charge in [-0.2, -0.15) is 0 Å². The van der Waals surface area contributed by atoms with Gasteiger partial charge in [-0.15, -0.1) is 5.10 Å². The Bertz CT molecular complexity index is 915. The van der Waals surface area contributed by atoms with E-state index in [1.54, 1.807) is 0 Å². The molecule has 1 aromatic heterocycles. The van der Waals surface area contributed by atoms with Gasteiger partial charge in [0.2, 0.25) is 0 Å². The molecule has 1 unspecified atom stereocenters. The molecule has 146 valence electrons. The third kappa shape index (κ3) is 4.12. The number of benzene rings is 2. The van der Waals surface area contributed by atoms with Crippen LogP contribution in [0.3, 0.4) is 0 Å². The van der Waals surface area contributed by atoms with E-state index in [1.807, 2.05) is 47.1 Å². The fraction of sp³-hybridized carbons (Fsp3) is 0.350. The quantitative estimate of drug-likeness (QED) is 0.507. The number of nitrogens with one attached hydrogen (secondary N) is 1. The summed E-state index contributed by atoms with van der Waals surface area (Å²) in [7, 11) is 0. The van der Waals surface area contributed by atoms with Crippen LogP contribution in [0.25, 0.3) is 0 Å². The number of hydrogen-bond acceptors (Lipinski definition) is 4. The minimum atomic E-state index is -0.390. The SMILES string of the molecule is Clc1ccc(NC(c2c(Cl)cccc2Cl)c2nnnn2C2CCCCC2)cc1. The largest absolute Gasteiger partial charge is 0.371 e. The molecule has 0 spiro atoms. The van der Waals surface area contributed by atoms with E-state index in [9.17, 15) is 0 Å². The van der Waals surface area contributed by atoms with Crippen molar-refractivity contribution in [1.82, 2.24) is 20.2 Å². The zero-order chi connectivity index (χ0) is 19.5. The van der Waals surface area contributed by atoms with Crippen LogP contribution in [0.1, 0.15) is 55.6 Å². The van der Waals surface area contributed by atoms with Crippen molar-refractivity contribution in [2.24, 2.45) is 0 Å². The fourth-order valence-electron chi connectivity index (χ4n) is 3.74. The average molecular weight is 437 g/mol. The second-order valence-electron chi connectivity index (χ2n) is 6.99. The molecule has 3 aromatic rings. The summed E-state index contributed by atoms with van der Waals surface area (Å²) in [5.74, 6) is 0.705. The molecule has 1 atom stereocenters. The van der Waals surface area contributed by atoms with Gasteiger partial charge in [-0.25, -0.2) is 4.68 Å². The van der Waals surface area contributed by atoms with Crippen LogP contribution in [0.2, 0.25) is 15.1 Å². The molecule has 1 fully saturated rings. The predicted octanol–water partition coefficient (Wildman–Crippen LogP) is 6.34. The van der Waals surface area contributed by atoms with Crippen LogP contribution < -0.4 is 5.32 Å². The maximum atomic E-state index is 6.55. The fourth-order valence-corrected chi connectivity index (χ4v) is 4.48. The smallest absolute Gasteiger partial charge is 0.178 e. The Morgan fingerprint density at radius 3 is 2.29 bits per heavy atom. The normalized spacial score (nSPS) is 16.1. The van der Waals surface area contributed by atoms with E-state index in [-0.39, 0.29) is 12.1 Å². The molecule has 5 nitrogen and oxygen atoms in total. The standard InChI is InChI=1S/C20H20Cl3N5/c21-13-9-11-14(12-10-13)24-19(18-16(22)7-4-8-17(18)23)20-25-26-27-28(20)15-5-2-1-3-6-15/h4,7-12,15,19,24H,1-3,5-6H2. The molecule has 1 aliphatic carbocycles. The van der Waals surface area contributed by atoms with Crippen molar-refractivity contribution < 1.29 is 0 Å². The third-order valence-corrected chi connectivity index (χ3v) is 6.05. The van der Waals surface area contributed by atoms with Crippen LogP contribution in [-0.4, -0.2) is 20.2 Å². The van der Waals surface area contributed by atoms with Crippen LogP contribution in [0.5, 0.6) is 0 Å². The maximum Gasteiger partial charge on any atom is 0.178 e. The minimum Gasteiger partial charge on any atom is -0.371 e. The third-order valence-electron chi connectivity index (χ3n) is 5.14. The summed E-state index contributed by atoms with van der Waals surface area (Å²) in [4.78, 5) is 0. The highest BCUT2D eigenvalue weighted by Gasteiger charge is 2.29. The van der Waals surface area contributed by atoms with Crippen LogP contribution in [0.15, 0.2) is 42.5 Å². The van der Waals surface area contributed by atoms with Gasteiger partial charge in [-0.3, -0.25) is 0 Å². The van der Waals surface area contributed by atoms with Crippen molar-refractivity contribution in [3.8, 4) is 0 Å². The van der Waals surface area contributed by atoms with E-state index in [0.29, 0.717) is 20.9 Å². The summed E-state index contributed by atoms with van der Waals surface area (Å²) in [5.41, 5.74) is 1.64. The first-order chi connectivity index (χ1) is 13.6. The Labute approximate surface area is 179 Å². The van der Waals surface area contributed by atoms with Gasteiger partial charge in [0.15, 0.2) is 5.82 Å². The van der Waals surface area contributed by atoms with Gasteiger partial charge < -0.3 is 5.32 Å². The van der Waals surface area contributed by atoms with Gasteiger partial charge in [0, 0.05) is 26.3 Å². The van der Waals surface area contributed by atoms with Gasteiger partial charge >= 0.3 is 0 Å². The molecule has 1 N–H and O–H groups in total. The first-order valence-corrected chi connectivity index (χ1v) is 10.5. The van der Waals surface area contributed by atoms with Crippen LogP contribution in [-0.2, 0) is 0 Å². The Balaban J connectivity index is 1.77. The highest BCUT2D eigenvalue weighted by molar-refractivity contribution is 6.36. The van der Waals surface area contributed by atoms with Crippen LogP contribution in [0.4, 0.5) is 5.69 Å². The van der Waals surface area contributed by atoms with Crippen molar-refractivity contribution in [3.63, 3.8) is 0 Å². The first-order valence-electron chi connectivity index (χ1n) is 9.37. The summed E-state index contributed by atoms with van der Waals surface area (Å²) in [6.45, 7) is 0. The molecule has 0 saturated heterocycles. The number of aromatic nitrogens is 4. The summed E-state index contributed by atoms with van der Waals surface area (Å²) in [6, 6.07) is 12.9. The van der Waals surface area contributed by atoms with Crippen molar-refractivity contribution in [1.29, 1.82) is 0 Å². The van der Waals surface area contributed by atoms with Gasteiger partial charge in [0.25, 0.3) is 0 Å². The second-order valence-corrected chi connectivity index (χ2v) is 8.24. The topological polar surface area (TPSA) is 55.6 Å². The van der Waals surface area contributed by atoms with E-state index in [0.717, 1.165) is 24.1 Å². The Morgan fingerprint density at radius 2 is 1.61 bits per heavy atom. The highest BCUT2D eigenvalue weighted by Crippen LogP contribution is 2.37. The highest BCUT2D eigenvalue weighted by atomic mass is 35.5. The van der Waals surface area contributed by atoms with Gasteiger partial charge in [-0.1, -0.05) is 60.1 Å².